The quantitative estimate of drug-likeness (QED) is 0.764. The molecular formula is C12H18O2. The van der Waals surface area contributed by atoms with E-state index in [0.717, 1.165) is 5.56 Å². The van der Waals surface area contributed by atoms with E-state index in [-0.39, 0.29) is 12.5 Å². The molecule has 2 nitrogen and oxygen atoms in total. The molecule has 0 fully saturated rings. The highest BCUT2D eigenvalue weighted by Crippen LogP contribution is 2.21. The summed E-state index contributed by atoms with van der Waals surface area (Å²) in [6, 6.07) is 9.83. The molecule has 2 unspecified atom stereocenters. The van der Waals surface area contributed by atoms with Crippen molar-refractivity contribution >= 4 is 0 Å². The number of aliphatic hydroxyl groups is 2. The average Bonchev–Trinajstić information content (AvgIpc) is 2.17. The monoisotopic (exact) mass is 194 g/mol. The zero-order valence-electron chi connectivity index (χ0n) is 8.77. The van der Waals surface area contributed by atoms with Crippen molar-refractivity contribution in [2.24, 2.45) is 5.92 Å². The number of aliphatic hydroxyl groups excluding tert-OH is 1. The summed E-state index contributed by atoms with van der Waals surface area (Å²) in [6.07, 6.45) is 0.579. The van der Waals surface area contributed by atoms with Gasteiger partial charge in [0.2, 0.25) is 0 Å². The summed E-state index contributed by atoms with van der Waals surface area (Å²) in [5.41, 5.74) is 0.258. The molecule has 0 saturated carbocycles. The molecule has 1 rings (SSSR count). The smallest absolute Gasteiger partial charge is 0.0707 e. The highest BCUT2D eigenvalue weighted by Gasteiger charge is 2.27. The zero-order chi connectivity index (χ0) is 10.6. The fraction of sp³-hybridized carbons (Fsp3) is 0.500. The predicted molar refractivity (Wildman–Crippen MR) is 57.0 cm³/mol. The van der Waals surface area contributed by atoms with Gasteiger partial charge in [-0.25, -0.2) is 0 Å². The first-order chi connectivity index (χ1) is 6.56. The van der Waals surface area contributed by atoms with E-state index < -0.39 is 5.60 Å². The zero-order valence-corrected chi connectivity index (χ0v) is 8.77. The molecule has 0 amide bonds. The largest absolute Gasteiger partial charge is 0.396 e. The lowest BCUT2D eigenvalue weighted by Crippen LogP contribution is -2.37. The summed E-state index contributed by atoms with van der Waals surface area (Å²) >= 11 is 0. The Labute approximate surface area is 85.2 Å². The van der Waals surface area contributed by atoms with Crippen LogP contribution in [0.15, 0.2) is 30.3 Å². The molecule has 78 valence electrons. The van der Waals surface area contributed by atoms with Crippen LogP contribution in [0, 0.1) is 5.92 Å². The van der Waals surface area contributed by atoms with Crippen molar-refractivity contribution in [3.63, 3.8) is 0 Å². The van der Waals surface area contributed by atoms with Crippen molar-refractivity contribution in [3.8, 4) is 0 Å². The van der Waals surface area contributed by atoms with Crippen molar-refractivity contribution in [2.75, 3.05) is 6.61 Å². The van der Waals surface area contributed by atoms with Crippen LogP contribution in [-0.2, 0) is 6.42 Å². The van der Waals surface area contributed by atoms with E-state index in [9.17, 15) is 5.11 Å². The van der Waals surface area contributed by atoms with Crippen LogP contribution < -0.4 is 0 Å². The van der Waals surface area contributed by atoms with Crippen molar-refractivity contribution in [1.82, 2.24) is 0 Å². The number of benzene rings is 1. The molecule has 0 saturated heterocycles. The van der Waals surface area contributed by atoms with Gasteiger partial charge in [-0.3, -0.25) is 0 Å². The fourth-order valence-corrected chi connectivity index (χ4v) is 1.38. The summed E-state index contributed by atoms with van der Waals surface area (Å²) in [4.78, 5) is 0. The Kier molecular flexibility index (Phi) is 3.67. The van der Waals surface area contributed by atoms with Crippen LogP contribution in [-0.4, -0.2) is 22.4 Å². The van der Waals surface area contributed by atoms with Crippen LogP contribution in [0.1, 0.15) is 19.4 Å². The second-order valence-electron chi connectivity index (χ2n) is 4.10. The Morgan fingerprint density at radius 2 is 1.86 bits per heavy atom. The molecule has 1 aromatic rings. The van der Waals surface area contributed by atoms with E-state index in [4.69, 9.17) is 5.11 Å². The highest BCUT2D eigenvalue weighted by atomic mass is 16.3. The third-order valence-electron chi connectivity index (χ3n) is 2.74. The standard InChI is InChI=1S/C12H18O2/c1-10(9-13)12(2,14)8-11-6-4-3-5-7-11/h3-7,10,13-14H,8-9H2,1-2H3. The lowest BCUT2D eigenvalue weighted by atomic mass is 9.85. The van der Waals surface area contributed by atoms with Crippen LogP contribution >= 0.6 is 0 Å². The van der Waals surface area contributed by atoms with Gasteiger partial charge in [-0.1, -0.05) is 37.3 Å². The number of hydrogen-bond donors (Lipinski definition) is 2. The Bertz CT molecular complexity index is 267. The molecule has 14 heavy (non-hydrogen) atoms. The van der Waals surface area contributed by atoms with Crippen LogP contribution in [0.25, 0.3) is 0 Å². The van der Waals surface area contributed by atoms with Gasteiger partial charge >= 0.3 is 0 Å². The predicted octanol–water partition coefficient (Wildman–Crippen LogP) is 1.61. The van der Waals surface area contributed by atoms with Crippen molar-refractivity contribution in [3.05, 3.63) is 35.9 Å². The molecule has 2 N–H and O–H groups in total. The van der Waals surface area contributed by atoms with Gasteiger partial charge in [0, 0.05) is 18.9 Å². The molecule has 0 aliphatic heterocycles. The molecule has 0 spiro atoms. The maximum absolute atomic E-state index is 10.1. The second-order valence-corrected chi connectivity index (χ2v) is 4.10. The third kappa shape index (κ3) is 2.82. The minimum Gasteiger partial charge on any atom is -0.396 e. The summed E-state index contributed by atoms with van der Waals surface area (Å²) in [5.74, 6) is -0.109. The molecule has 2 atom stereocenters. The first-order valence-corrected chi connectivity index (χ1v) is 4.93. The van der Waals surface area contributed by atoms with Gasteiger partial charge in [-0.05, 0) is 12.5 Å². The minimum absolute atomic E-state index is 0.0137. The molecule has 0 bridgehead atoms. The molecule has 2 heteroatoms. The molecule has 0 aliphatic carbocycles. The lowest BCUT2D eigenvalue weighted by Gasteiger charge is -2.29. The van der Waals surface area contributed by atoms with E-state index in [1.165, 1.54) is 0 Å². The Morgan fingerprint density at radius 3 is 2.36 bits per heavy atom. The van der Waals surface area contributed by atoms with Gasteiger partial charge in [0.15, 0.2) is 0 Å². The molecule has 0 heterocycles. The average molecular weight is 194 g/mol. The van der Waals surface area contributed by atoms with Gasteiger partial charge in [0.1, 0.15) is 0 Å². The van der Waals surface area contributed by atoms with Crippen LogP contribution in [0.2, 0.25) is 0 Å². The normalized spacial score (nSPS) is 17.4. The van der Waals surface area contributed by atoms with E-state index in [1.807, 2.05) is 37.3 Å². The van der Waals surface area contributed by atoms with Gasteiger partial charge < -0.3 is 10.2 Å². The SMILES string of the molecule is CC(CO)C(C)(O)Cc1ccccc1. The van der Waals surface area contributed by atoms with Gasteiger partial charge in [-0.2, -0.15) is 0 Å². The lowest BCUT2D eigenvalue weighted by molar-refractivity contribution is -0.0157. The summed E-state index contributed by atoms with van der Waals surface area (Å²) in [5, 5.41) is 19.1. The number of hydrogen-bond acceptors (Lipinski definition) is 2. The van der Waals surface area contributed by atoms with E-state index >= 15 is 0 Å². The summed E-state index contributed by atoms with van der Waals surface area (Å²) in [7, 11) is 0. The van der Waals surface area contributed by atoms with E-state index in [2.05, 4.69) is 0 Å². The van der Waals surface area contributed by atoms with E-state index in [0.29, 0.717) is 6.42 Å². The van der Waals surface area contributed by atoms with Crippen molar-refractivity contribution < 1.29 is 10.2 Å². The minimum atomic E-state index is -0.837. The van der Waals surface area contributed by atoms with Crippen LogP contribution in [0.4, 0.5) is 0 Å². The van der Waals surface area contributed by atoms with Crippen LogP contribution in [0.3, 0.4) is 0 Å². The Hall–Kier alpha value is -0.860. The third-order valence-corrected chi connectivity index (χ3v) is 2.74. The molecule has 0 aromatic heterocycles. The van der Waals surface area contributed by atoms with Crippen molar-refractivity contribution in [1.29, 1.82) is 0 Å². The van der Waals surface area contributed by atoms with Crippen LogP contribution in [0.5, 0.6) is 0 Å². The topological polar surface area (TPSA) is 40.5 Å². The molecule has 0 aliphatic rings. The Morgan fingerprint density at radius 1 is 1.29 bits per heavy atom. The summed E-state index contributed by atoms with van der Waals surface area (Å²) in [6.45, 7) is 3.63. The second kappa shape index (κ2) is 4.58. The highest BCUT2D eigenvalue weighted by molar-refractivity contribution is 5.17. The maximum atomic E-state index is 10.1. The van der Waals surface area contributed by atoms with Gasteiger partial charge in [-0.15, -0.1) is 0 Å². The van der Waals surface area contributed by atoms with Gasteiger partial charge in [0.25, 0.3) is 0 Å². The maximum Gasteiger partial charge on any atom is 0.0707 e. The first-order valence-electron chi connectivity index (χ1n) is 4.93. The Balaban J connectivity index is 2.68. The first kappa shape index (κ1) is 11.2. The molecule has 0 radical (unpaired) electrons. The van der Waals surface area contributed by atoms with Crippen molar-refractivity contribution in [2.45, 2.75) is 25.9 Å². The molecular weight excluding hydrogens is 176 g/mol. The fourth-order valence-electron chi connectivity index (χ4n) is 1.38. The van der Waals surface area contributed by atoms with Gasteiger partial charge in [0.05, 0.1) is 5.60 Å². The summed E-state index contributed by atoms with van der Waals surface area (Å²) < 4.78 is 0. The van der Waals surface area contributed by atoms with E-state index in [1.54, 1.807) is 6.92 Å². The number of rotatable bonds is 4. The molecule has 1 aromatic carbocycles.